The molecule has 4 nitrogen and oxygen atoms in total. The molecule has 5 aliphatic rings. The van der Waals surface area contributed by atoms with Crippen LogP contribution in [0.15, 0.2) is 166 Å². The molecule has 0 saturated heterocycles. The van der Waals surface area contributed by atoms with Gasteiger partial charge in [-0.15, -0.1) is 12.8 Å². The first-order chi connectivity index (χ1) is 26.9. The summed E-state index contributed by atoms with van der Waals surface area (Å²) in [5, 5.41) is 0. The van der Waals surface area contributed by atoms with Crippen molar-refractivity contribution in [1.82, 2.24) is 15.0 Å². The second-order valence-corrected chi connectivity index (χ2v) is 15.2. The molecule has 0 fully saturated rings. The summed E-state index contributed by atoms with van der Waals surface area (Å²) >= 11 is 0. The molecule has 2 heterocycles. The van der Waals surface area contributed by atoms with E-state index in [9.17, 15) is 0 Å². The highest BCUT2D eigenvalue weighted by Gasteiger charge is 2.40. The van der Waals surface area contributed by atoms with Gasteiger partial charge in [0.15, 0.2) is 17.5 Å². The third-order valence-electron chi connectivity index (χ3n) is 11.8. The lowest BCUT2D eigenvalue weighted by molar-refractivity contribution is 0.524. The highest BCUT2D eigenvalue weighted by molar-refractivity contribution is 5.88. The van der Waals surface area contributed by atoms with Crippen LogP contribution >= 0.6 is 0 Å². The molecule has 4 heteroatoms. The second-order valence-electron chi connectivity index (χ2n) is 15.2. The van der Waals surface area contributed by atoms with Crippen LogP contribution in [0.4, 0.5) is 0 Å². The topological polar surface area (TPSA) is 51.0 Å². The highest BCUT2D eigenvalue weighted by atomic mass is 15.0. The van der Waals surface area contributed by atoms with Crippen molar-refractivity contribution in [2.75, 3.05) is 0 Å². The van der Waals surface area contributed by atoms with Gasteiger partial charge in [0, 0.05) is 34.2 Å². The van der Waals surface area contributed by atoms with Crippen LogP contribution in [0, 0.1) is 24.2 Å². The lowest BCUT2D eigenvalue weighted by Gasteiger charge is -2.28. The van der Waals surface area contributed by atoms with Gasteiger partial charge in [-0.05, 0) is 91.4 Å². The molecule has 1 aromatic heterocycles. The van der Waals surface area contributed by atoms with Crippen LogP contribution in [-0.2, 0) is 6.42 Å². The Morgan fingerprint density at radius 3 is 2.56 bits per heavy atom. The van der Waals surface area contributed by atoms with E-state index in [0.717, 1.165) is 60.5 Å². The third-order valence-corrected chi connectivity index (χ3v) is 11.8. The SMILES string of the molecule is C#C.C=C/C=C(\C=C/CC1=CC2c3c(cccc3-c3nc(C4=CCCC5=C4C(/C=C\C)=C(C)C5(C)C)nc(-c4ccccc4)n3)CC2C=C1)C1CC=CC=N1. The Bertz CT molecular complexity index is 2330. The number of aromatic nitrogens is 3. The Morgan fingerprint density at radius 2 is 1.80 bits per heavy atom. The maximum Gasteiger partial charge on any atom is 0.164 e. The van der Waals surface area contributed by atoms with Crippen LogP contribution in [0.25, 0.3) is 28.3 Å². The molecular weight excluding hydrogens is 669 g/mol. The van der Waals surface area contributed by atoms with E-state index >= 15 is 0 Å². The summed E-state index contributed by atoms with van der Waals surface area (Å²) in [7, 11) is 0. The van der Waals surface area contributed by atoms with Crippen molar-refractivity contribution in [3.63, 3.8) is 0 Å². The fourth-order valence-electron chi connectivity index (χ4n) is 8.83. The van der Waals surface area contributed by atoms with Crippen LogP contribution in [0.5, 0.6) is 0 Å². The summed E-state index contributed by atoms with van der Waals surface area (Å²) in [6, 6.07) is 17.2. The summed E-state index contributed by atoms with van der Waals surface area (Å²) in [6.07, 6.45) is 41.4. The summed E-state index contributed by atoms with van der Waals surface area (Å²) < 4.78 is 0. The molecule has 0 amide bonds. The van der Waals surface area contributed by atoms with Crippen molar-refractivity contribution in [3.8, 4) is 35.6 Å². The minimum absolute atomic E-state index is 0.00450. The fraction of sp³-hybridized carbons (Fsp3) is 0.255. The van der Waals surface area contributed by atoms with Gasteiger partial charge >= 0.3 is 0 Å². The molecule has 55 heavy (non-hydrogen) atoms. The molecule has 0 N–H and O–H groups in total. The zero-order valence-electron chi connectivity index (χ0n) is 32.5. The maximum absolute atomic E-state index is 5.39. The number of benzene rings is 2. The number of aliphatic imine (C=N–C) groups is 1. The van der Waals surface area contributed by atoms with Gasteiger partial charge < -0.3 is 0 Å². The average Bonchev–Trinajstić information content (AvgIpc) is 3.70. The lowest BCUT2D eigenvalue weighted by atomic mass is 9.77. The molecule has 0 radical (unpaired) electrons. The predicted octanol–water partition coefficient (Wildman–Crippen LogP) is 12.1. The monoisotopic (exact) mass is 718 g/mol. The first-order valence-electron chi connectivity index (χ1n) is 19.5. The molecule has 0 spiro atoms. The Kier molecular flexibility index (Phi) is 11.0. The Labute approximate surface area is 327 Å². The van der Waals surface area contributed by atoms with Crippen LogP contribution in [0.1, 0.15) is 76.2 Å². The smallest absolute Gasteiger partial charge is 0.164 e. The summed E-state index contributed by atoms with van der Waals surface area (Å²) in [4.78, 5) is 20.6. The van der Waals surface area contributed by atoms with Crippen molar-refractivity contribution in [2.45, 2.75) is 71.8 Å². The predicted molar refractivity (Wildman–Crippen MR) is 231 cm³/mol. The van der Waals surface area contributed by atoms with Gasteiger partial charge in [-0.2, -0.15) is 0 Å². The highest BCUT2D eigenvalue weighted by Crippen LogP contribution is 2.54. The van der Waals surface area contributed by atoms with E-state index in [1.165, 1.54) is 44.6 Å². The number of dihydropyridines is 1. The number of fused-ring (bicyclic) bond motifs is 3. The number of nitrogens with zero attached hydrogens (tertiary/aromatic N) is 4. The molecule has 3 atom stereocenters. The van der Waals surface area contributed by atoms with E-state index in [4.69, 9.17) is 15.0 Å². The van der Waals surface area contributed by atoms with E-state index in [0.29, 0.717) is 11.7 Å². The Hall–Kier alpha value is -5.92. The number of hydrogen-bond acceptors (Lipinski definition) is 4. The molecule has 2 aromatic carbocycles. The van der Waals surface area contributed by atoms with Crippen molar-refractivity contribution in [1.29, 1.82) is 0 Å². The van der Waals surface area contributed by atoms with Gasteiger partial charge in [-0.25, -0.2) is 15.0 Å². The normalized spacial score (nSPS) is 22.3. The molecule has 274 valence electrons. The average molecular weight is 719 g/mol. The standard InChI is InChI=1S/C49H48N4.C2H2/c1-6-16-34(43-26-11-12-29-50-43)21-13-18-33-27-28-36-31-37-22-14-23-39(44(37)41(36)30-33)47-51-46(35-19-9-8-10-20-35)52-48(53-47)40-24-15-25-42-45(40)38(17-7-2)32(3)49(42,4)5;1-2/h6-14,16-17,19-24,27-30,36,41,43H,1,15,18,25-26,31H2,2-5H3;1-2H/b17-7-,21-13-,34-16+;. The Balaban J connectivity index is 0.00000229. The van der Waals surface area contributed by atoms with Crippen molar-refractivity contribution in [3.05, 3.63) is 178 Å². The fourth-order valence-corrected chi connectivity index (χ4v) is 8.83. The summed E-state index contributed by atoms with van der Waals surface area (Å²) in [6.45, 7) is 13.1. The zero-order chi connectivity index (χ0) is 38.5. The quantitative estimate of drug-likeness (QED) is 0.163. The van der Waals surface area contributed by atoms with Gasteiger partial charge in [0.2, 0.25) is 0 Å². The molecule has 3 unspecified atom stereocenters. The number of hydrogen-bond donors (Lipinski definition) is 0. The van der Waals surface area contributed by atoms with Crippen molar-refractivity contribution < 1.29 is 0 Å². The van der Waals surface area contributed by atoms with Crippen molar-refractivity contribution in [2.24, 2.45) is 16.3 Å². The van der Waals surface area contributed by atoms with Gasteiger partial charge in [-0.3, -0.25) is 4.99 Å². The van der Waals surface area contributed by atoms with E-state index in [2.05, 4.69) is 155 Å². The molecule has 1 aliphatic heterocycles. The number of allylic oxidation sites excluding steroid dienone is 16. The summed E-state index contributed by atoms with van der Waals surface area (Å²) in [5.41, 5.74) is 14.0. The number of terminal acetylenes is 1. The molecule has 3 aromatic rings. The largest absolute Gasteiger partial charge is 0.285 e. The minimum atomic E-state index is -0.00450. The van der Waals surface area contributed by atoms with E-state index in [1.54, 1.807) is 0 Å². The van der Waals surface area contributed by atoms with Crippen LogP contribution in [0.2, 0.25) is 0 Å². The molecule has 8 rings (SSSR count). The van der Waals surface area contributed by atoms with Crippen LogP contribution < -0.4 is 0 Å². The zero-order valence-corrected chi connectivity index (χ0v) is 32.5. The first-order valence-corrected chi connectivity index (χ1v) is 19.5. The van der Waals surface area contributed by atoms with E-state index in [1.807, 2.05) is 24.4 Å². The summed E-state index contributed by atoms with van der Waals surface area (Å²) in [5.74, 6) is 2.89. The lowest BCUT2D eigenvalue weighted by Crippen LogP contribution is -2.15. The van der Waals surface area contributed by atoms with E-state index < -0.39 is 0 Å². The van der Waals surface area contributed by atoms with Crippen molar-refractivity contribution >= 4 is 11.8 Å². The Morgan fingerprint density at radius 1 is 1.00 bits per heavy atom. The third kappa shape index (κ3) is 7.20. The number of rotatable bonds is 9. The molecular formula is C51H50N4. The van der Waals surface area contributed by atoms with E-state index in [-0.39, 0.29) is 17.4 Å². The first kappa shape index (κ1) is 37.4. The maximum atomic E-state index is 5.39. The minimum Gasteiger partial charge on any atom is -0.285 e. The van der Waals surface area contributed by atoms with Gasteiger partial charge in [0.25, 0.3) is 0 Å². The van der Waals surface area contributed by atoms with Gasteiger partial charge in [0.1, 0.15) is 0 Å². The van der Waals surface area contributed by atoms with Crippen LogP contribution in [0.3, 0.4) is 0 Å². The molecule has 0 saturated carbocycles. The van der Waals surface area contributed by atoms with Gasteiger partial charge in [-0.1, -0.05) is 147 Å². The molecule has 0 bridgehead atoms. The van der Waals surface area contributed by atoms with Gasteiger partial charge in [0.05, 0.1) is 6.04 Å². The second kappa shape index (κ2) is 16.2. The molecule has 4 aliphatic carbocycles. The van der Waals surface area contributed by atoms with Crippen LogP contribution in [-0.4, -0.2) is 27.2 Å².